The van der Waals surface area contributed by atoms with Gasteiger partial charge in [-0.3, -0.25) is 4.79 Å². The van der Waals surface area contributed by atoms with Gasteiger partial charge >= 0.3 is 0 Å². The smallest absolute Gasteiger partial charge is 0.246 e. The summed E-state index contributed by atoms with van der Waals surface area (Å²) in [5, 5.41) is 6.63. The molecule has 0 saturated carbocycles. The van der Waals surface area contributed by atoms with Gasteiger partial charge in [0.15, 0.2) is 0 Å². The normalized spacial score (nSPS) is 22.7. The van der Waals surface area contributed by atoms with Gasteiger partial charge in [0.05, 0.1) is 18.0 Å². The van der Waals surface area contributed by atoms with Crippen LogP contribution in [0.3, 0.4) is 0 Å². The van der Waals surface area contributed by atoms with E-state index in [4.69, 9.17) is 4.74 Å². The zero-order chi connectivity index (χ0) is 13.1. The highest BCUT2D eigenvalue weighted by atomic mass is 16.5. The molecule has 1 aromatic carbocycles. The summed E-state index contributed by atoms with van der Waals surface area (Å²) in [6.07, 6.45) is 0.919. The van der Waals surface area contributed by atoms with Crippen molar-refractivity contribution in [3.05, 3.63) is 24.3 Å². The first-order chi connectivity index (χ1) is 9.34. The van der Waals surface area contributed by atoms with Crippen molar-refractivity contribution in [1.82, 2.24) is 4.90 Å². The second-order valence-electron chi connectivity index (χ2n) is 4.91. The van der Waals surface area contributed by atoms with Crippen molar-refractivity contribution in [3.8, 4) is 0 Å². The number of amides is 1. The van der Waals surface area contributed by atoms with Gasteiger partial charge in [-0.25, -0.2) is 0 Å². The van der Waals surface area contributed by atoms with Crippen LogP contribution in [0, 0.1) is 0 Å². The monoisotopic (exact) mass is 261 g/mol. The van der Waals surface area contributed by atoms with E-state index in [1.165, 1.54) is 0 Å². The Kier molecular flexibility index (Phi) is 3.55. The first-order valence-electron chi connectivity index (χ1n) is 6.80. The van der Waals surface area contributed by atoms with Crippen LogP contribution in [0.2, 0.25) is 0 Å². The minimum absolute atomic E-state index is 0.160. The number of carbonyl (C=O) groups excluding carboxylic acids is 1. The van der Waals surface area contributed by atoms with Crippen LogP contribution in [-0.4, -0.2) is 49.7 Å². The molecule has 1 saturated heterocycles. The summed E-state index contributed by atoms with van der Waals surface area (Å²) in [5.74, 6) is 0.160. The largest absolute Gasteiger partial charge is 0.381 e. The summed E-state index contributed by atoms with van der Waals surface area (Å²) < 4.78 is 5.39. The summed E-state index contributed by atoms with van der Waals surface area (Å²) in [6.45, 7) is 3.51. The Morgan fingerprint density at radius 1 is 1.21 bits per heavy atom. The van der Waals surface area contributed by atoms with Crippen LogP contribution in [0.15, 0.2) is 24.3 Å². The number of nitrogens with zero attached hydrogens (tertiary/aromatic N) is 1. The summed E-state index contributed by atoms with van der Waals surface area (Å²) in [6, 6.07) is 7.78. The fourth-order valence-corrected chi connectivity index (χ4v) is 2.55. The van der Waals surface area contributed by atoms with Crippen molar-refractivity contribution in [1.29, 1.82) is 0 Å². The minimum Gasteiger partial charge on any atom is -0.381 e. The zero-order valence-electron chi connectivity index (χ0n) is 10.9. The Morgan fingerprint density at radius 2 is 2.05 bits per heavy atom. The van der Waals surface area contributed by atoms with Crippen LogP contribution in [0.1, 0.15) is 6.42 Å². The summed E-state index contributed by atoms with van der Waals surface area (Å²) in [5.41, 5.74) is 2.06. The Hall–Kier alpha value is -1.75. The lowest BCUT2D eigenvalue weighted by Gasteiger charge is -2.31. The van der Waals surface area contributed by atoms with E-state index < -0.39 is 0 Å². The molecule has 2 N–H and O–H groups in total. The summed E-state index contributed by atoms with van der Waals surface area (Å²) in [4.78, 5) is 14.4. The molecule has 0 aliphatic carbocycles. The van der Waals surface area contributed by atoms with Crippen LogP contribution in [0.5, 0.6) is 0 Å². The van der Waals surface area contributed by atoms with Crippen molar-refractivity contribution >= 4 is 17.3 Å². The molecule has 5 nitrogen and oxygen atoms in total. The van der Waals surface area contributed by atoms with E-state index in [9.17, 15) is 4.79 Å². The number of benzene rings is 1. The molecule has 1 atom stereocenters. The highest BCUT2D eigenvalue weighted by Crippen LogP contribution is 2.25. The van der Waals surface area contributed by atoms with Crippen molar-refractivity contribution in [2.45, 2.75) is 12.5 Å². The van der Waals surface area contributed by atoms with Gasteiger partial charge in [-0.2, -0.15) is 0 Å². The molecule has 0 aromatic heterocycles. The minimum atomic E-state index is -0.187. The van der Waals surface area contributed by atoms with Crippen molar-refractivity contribution in [2.75, 3.05) is 43.5 Å². The van der Waals surface area contributed by atoms with E-state index in [2.05, 4.69) is 10.6 Å². The standard InChI is InChI=1S/C14H19N3O2/c18-14(17-6-3-8-19-9-7-17)13-10-15-11-4-1-2-5-12(11)16-13/h1-2,4-5,13,15-16H,3,6-10H2. The molecule has 1 aromatic rings. The molecule has 2 aliphatic heterocycles. The first-order valence-corrected chi connectivity index (χ1v) is 6.80. The Balaban J connectivity index is 1.68. The summed E-state index contributed by atoms with van der Waals surface area (Å²) >= 11 is 0. The molecule has 0 spiro atoms. The van der Waals surface area contributed by atoms with Crippen LogP contribution < -0.4 is 10.6 Å². The Morgan fingerprint density at radius 3 is 2.95 bits per heavy atom. The molecule has 1 unspecified atom stereocenters. The number of ether oxygens (including phenoxy) is 1. The summed E-state index contributed by atoms with van der Waals surface area (Å²) in [7, 11) is 0. The van der Waals surface area contributed by atoms with Gasteiger partial charge in [0.1, 0.15) is 6.04 Å². The third-order valence-electron chi connectivity index (χ3n) is 3.59. The number of hydrogen-bond donors (Lipinski definition) is 2. The number of fused-ring (bicyclic) bond motifs is 1. The highest BCUT2D eigenvalue weighted by molar-refractivity contribution is 5.88. The van der Waals surface area contributed by atoms with Crippen LogP contribution in [0.25, 0.3) is 0 Å². The fraction of sp³-hybridized carbons (Fsp3) is 0.500. The van der Waals surface area contributed by atoms with E-state index in [0.717, 1.165) is 30.9 Å². The Bertz CT molecular complexity index is 456. The maximum absolute atomic E-state index is 12.5. The quantitative estimate of drug-likeness (QED) is 0.796. The van der Waals surface area contributed by atoms with Crippen LogP contribution >= 0.6 is 0 Å². The predicted octanol–water partition coefficient (Wildman–Crippen LogP) is 1.14. The lowest BCUT2D eigenvalue weighted by Crippen LogP contribution is -2.48. The average Bonchev–Trinajstić information content (AvgIpc) is 2.75. The fourth-order valence-electron chi connectivity index (χ4n) is 2.55. The zero-order valence-corrected chi connectivity index (χ0v) is 10.9. The van der Waals surface area contributed by atoms with E-state index >= 15 is 0 Å². The molecule has 19 heavy (non-hydrogen) atoms. The second-order valence-corrected chi connectivity index (χ2v) is 4.91. The maximum atomic E-state index is 12.5. The van der Waals surface area contributed by atoms with Gasteiger partial charge < -0.3 is 20.3 Å². The SMILES string of the molecule is O=C(C1CNc2ccccc2N1)N1CCCOCC1. The molecular weight excluding hydrogens is 242 g/mol. The molecular formula is C14H19N3O2. The van der Waals surface area contributed by atoms with E-state index in [-0.39, 0.29) is 11.9 Å². The average molecular weight is 261 g/mol. The molecule has 1 fully saturated rings. The number of carbonyl (C=O) groups is 1. The van der Waals surface area contributed by atoms with Gasteiger partial charge in [0.2, 0.25) is 5.91 Å². The van der Waals surface area contributed by atoms with Crippen molar-refractivity contribution in [3.63, 3.8) is 0 Å². The first kappa shape index (κ1) is 12.3. The molecule has 2 heterocycles. The topological polar surface area (TPSA) is 53.6 Å². The van der Waals surface area contributed by atoms with Crippen molar-refractivity contribution < 1.29 is 9.53 Å². The van der Waals surface area contributed by atoms with Gasteiger partial charge in [-0.15, -0.1) is 0 Å². The Labute approximate surface area is 112 Å². The third kappa shape index (κ3) is 2.66. The van der Waals surface area contributed by atoms with Gasteiger partial charge in [0.25, 0.3) is 0 Å². The van der Waals surface area contributed by atoms with Gasteiger partial charge in [-0.05, 0) is 18.6 Å². The highest BCUT2D eigenvalue weighted by Gasteiger charge is 2.27. The number of hydrogen-bond acceptors (Lipinski definition) is 4. The molecule has 0 radical (unpaired) electrons. The van der Waals surface area contributed by atoms with E-state index in [1.54, 1.807) is 0 Å². The van der Waals surface area contributed by atoms with E-state index in [0.29, 0.717) is 19.7 Å². The maximum Gasteiger partial charge on any atom is 0.246 e. The van der Waals surface area contributed by atoms with Crippen LogP contribution in [-0.2, 0) is 9.53 Å². The molecule has 1 amide bonds. The lowest BCUT2D eigenvalue weighted by molar-refractivity contribution is -0.131. The number of para-hydroxylation sites is 2. The molecule has 0 bridgehead atoms. The number of rotatable bonds is 1. The molecule has 2 aliphatic rings. The van der Waals surface area contributed by atoms with E-state index in [1.807, 2.05) is 29.2 Å². The molecule has 5 heteroatoms. The number of anilines is 2. The second kappa shape index (κ2) is 5.48. The molecule has 3 rings (SSSR count). The van der Waals surface area contributed by atoms with Gasteiger partial charge in [0, 0.05) is 26.2 Å². The number of nitrogens with one attached hydrogen (secondary N) is 2. The lowest BCUT2D eigenvalue weighted by atomic mass is 10.1. The predicted molar refractivity (Wildman–Crippen MR) is 74.4 cm³/mol. The third-order valence-corrected chi connectivity index (χ3v) is 3.59. The van der Waals surface area contributed by atoms with Gasteiger partial charge in [-0.1, -0.05) is 12.1 Å². The van der Waals surface area contributed by atoms with Crippen molar-refractivity contribution in [2.24, 2.45) is 0 Å². The molecule has 102 valence electrons. The van der Waals surface area contributed by atoms with Crippen LogP contribution in [0.4, 0.5) is 11.4 Å².